The largest absolute Gasteiger partial charge is 0.496 e. The zero-order valence-electron chi connectivity index (χ0n) is 11.0. The Balaban J connectivity index is 2.22. The Morgan fingerprint density at radius 2 is 1.90 bits per heavy atom. The van der Waals surface area contributed by atoms with E-state index in [1.165, 1.54) is 0 Å². The molecule has 5 heteroatoms. The lowest BCUT2D eigenvalue weighted by atomic mass is 10.0. The highest BCUT2D eigenvalue weighted by Gasteiger charge is 2.18. The number of hydrogen-bond acceptors (Lipinski definition) is 4. The Labute approximate surface area is 116 Å². The first-order valence-electron chi connectivity index (χ1n) is 6.20. The maximum Gasteiger partial charge on any atom is 0.155 e. The normalized spacial score (nSPS) is 10.4. The number of rotatable bonds is 3. The van der Waals surface area contributed by atoms with Crippen LogP contribution in [0.1, 0.15) is 0 Å². The second-order valence-electron chi connectivity index (χ2n) is 4.27. The van der Waals surface area contributed by atoms with Gasteiger partial charge in [-0.25, -0.2) is 0 Å². The van der Waals surface area contributed by atoms with E-state index in [0.29, 0.717) is 5.82 Å². The molecule has 5 nitrogen and oxygen atoms in total. The number of aromatic amines is 1. The van der Waals surface area contributed by atoms with Crippen molar-refractivity contribution in [3.63, 3.8) is 0 Å². The number of pyridine rings is 1. The van der Waals surface area contributed by atoms with Gasteiger partial charge in [-0.2, -0.15) is 5.10 Å². The first-order chi connectivity index (χ1) is 9.81. The van der Waals surface area contributed by atoms with E-state index in [2.05, 4.69) is 15.2 Å². The molecule has 0 aliphatic carbocycles. The van der Waals surface area contributed by atoms with Gasteiger partial charge in [-0.15, -0.1) is 0 Å². The Morgan fingerprint density at radius 3 is 2.65 bits per heavy atom. The number of aromatic nitrogens is 3. The summed E-state index contributed by atoms with van der Waals surface area (Å²) in [6, 6.07) is 13.4. The summed E-state index contributed by atoms with van der Waals surface area (Å²) in [6.07, 6.45) is 1.73. The Morgan fingerprint density at radius 1 is 1.10 bits per heavy atom. The van der Waals surface area contributed by atoms with Crippen LogP contribution in [0.15, 0.2) is 48.7 Å². The number of anilines is 1. The van der Waals surface area contributed by atoms with Gasteiger partial charge < -0.3 is 10.5 Å². The molecular formula is C15H14N4O. The Hall–Kier alpha value is -2.82. The van der Waals surface area contributed by atoms with E-state index in [1.807, 2.05) is 42.5 Å². The molecule has 2 aromatic heterocycles. The molecule has 1 aromatic carbocycles. The van der Waals surface area contributed by atoms with E-state index in [1.54, 1.807) is 13.3 Å². The minimum atomic E-state index is 0.421. The third kappa shape index (κ3) is 1.99. The van der Waals surface area contributed by atoms with Gasteiger partial charge in [0.1, 0.15) is 5.75 Å². The predicted octanol–water partition coefficient (Wildman–Crippen LogP) is 2.73. The van der Waals surface area contributed by atoms with Gasteiger partial charge >= 0.3 is 0 Å². The topological polar surface area (TPSA) is 76.8 Å². The van der Waals surface area contributed by atoms with Crippen molar-refractivity contribution in [1.29, 1.82) is 0 Å². The molecule has 0 amide bonds. The van der Waals surface area contributed by atoms with Crippen LogP contribution in [0.25, 0.3) is 22.5 Å². The van der Waals surface area contributed by atoms with Gasteiger partial charge in [-0.1, -0.05) is 18.2 Å². The van der Waals surface area contributed by atoms with Crippen LogP contribution in [0.3, 0.4) is 0 Å². The number of ether oxygens (including phenoxy) is 1. The quantitative estimate of drug-likeness (QED) is 0.764. The Kier molecular flexibility index (Phi) is 3.09. The van der Waals surface area contributed by atoms with Gasteiger partial charge in [0.05, 0.1) is 24.1 Å². The number of para-hydroxylation sites is 1. The van der Waals surface area contributed by atoms with Crippen molar-refractivity contribution in [2.45, 2.75) is 0 Å². The number of nitrogens with two attached hydrogens (primary N) is 1. The lowest BCUT2D eigenvalue weighted by Gasteiger charge is -2.08. The molecule has 0 saturated heterocycles. The third-order valence-corrected chi connectivity index (χ3v) is 3.09. The molecule has 0 fully saturated rings. The molecule has 0 bridgehead atoms. The molecule has 20 heavy (non-hydrogen) atoms. The summed E-state index contributed by atoms with van der Waals surface area (Å²) in [4.78, 5) is 4.34. The summed E-state index contributed by atoms with van der Waals surface area (Å²) in [7, 11) is 1.64. The maximum atomic E-state index is 5.98. The monoisotopic (exact) mass is 266 g/mol. The van der Waals surface area contributed by atoms with Gasteiger partial charge in [0, 0.05) is 11.8 Å². The molecule has 0 aliphatic heterocycles. The van der Waals surface area contributed by atoms with E-state index < -0.39 is 0 Å². The zero-order valence-corrected chi connectivity index (χ0v) is 11.0. The fourth-order valence-corrected chi connectivity index (χ4v) is 2.17. The zero-order chi connectivity index (χ0) is 13.9. The minimum absolute atomic E-state index is 0.421. The highest BCUT2D eigenvalue weighted by atomic mass is 16.5. The standard InChI is InChI=1S/C15H14N4O/c1-20-12-8-3-2-6-10(12)14-13(15(16)19-18-14)11-7-4-5-9-17-11/h2-9H,1H3,(H3,16,18,19). The fourth-order valence-electron chi connectivity index (χ4n) is 2.17. The summed E-state index contributed by atoms with van der Waals surface area (Å²) in [6.45, 7) is 0. The molecule has 2 heterocycles. The SMILES string of the molecule is COc1ccccc1-c1[nH]nc(N)c1-c1ccccn1. The molecule has 0 spiro atoms. The molecule has 3 rings (SSSR count). The fraction of sp³-hybridized carbons (Fsp3) is 0.0667. The van der Waals surface area contributed by atoms with Crippen LogP contribution >= 0.6 is 0 Å². The number of H-pyrrole nitrogens is 1. The van der Waals surface area contributed by atoms with Gasteiger partial charge in [0.2, 0.25) is 0 Å². The van der Waals surface area contributed by atoms with Crippen LogP contribution in [0.2, 0.25) is 0 Å². The smallest absolute Gasteiger partial charge is 0.155 e. The Bertz CT molecular complexity index is 722. The number of nitrogens with zero attached hydrogens (tertiary/aromatic N) is 2. The van der Waals surface area contributed by atoms with Gasteiger partial charge in [0.15, 0.2) is 5.82 Å². The third-order valence-electron chi connectivity index (χ3n) is 3.09. The van der Waals surface area contributed by atoms with Gasteiger partial charge in [-0.05, 0) is 24.3 Å². The van der Waals surface area contributed by atoms with Crippen molar-refractivity contribution in [1.82, 2.24) is 15.2 Å². The van der Waals surface area contributed by atoms with Crippen molar-refractivity contribution >= 4 is 5.82 Å². The molecule has 0 unspecified atom stereocenters. The number of hydrogen-bond donors (Lipinski definition) is 2. The van der Waals surface area contributed by atoms with E-state index in [9.17, 15) is 0 Å². The number of nitrogens with one attached hydrogen (secondary N) is 1. The molecule has 3 N–H and O–H groups in total. The van der Waals surface area contributed by atoms with Crippen molar-refractivity contribution < 1.29 is 4.74 Å². The van der Waals surface area contributed by atoms with Crippen LogP contribution < -0.4 is 10.5 Å². The average Bonchev–Trinajstić information content (AvgIpc) is 2.89. The van der Waals surface area contributed by atoms with Crippen molar-refractivity contribution in [3.05, 3.63) is 48.7 Å². The average molecular weight is 266 g/mol. The number of benzene rings is 1. The summed E-state index contributed by atoms with van der Waals surface area (Å²) < 4.78 is 5.39. The van der Waals surface area contributed by atoms with E-state index in [0.717, 1.165) is 28.3 Å². The van der Waals surface area contributed by atoms with Crippen LogP contribution in [-0.4, -0.2) is 22.3 Å². The number of methoxy groups -OCH3 is 1. The molecule has 100 valence electrons. The molecule has 3 aromatic rings. The maximum absolute atomic E-state index is 5.98. The lowest BCUT2D eigenvalue weighted by molar-refractivity contribution is 0.416. The molecule has 0 aliphatic rings. The van der Waals surface area contributed by atoms with E-state index in [4.69, 9.17) is 10.5 Å². The number of nitrogen functional groups attached to an aromatic ring is 1. The molecular weight excluding hydrogens is 252 g/mol. The summed E-state index contributed by atoms with van der Waals surface area (Å²) in [5.74, 6) is 1.18. The predicted molar refractivity (Wildman–Crippen MR) is 78.2 cm³/mol. The minimum Gasteiger partial charge on any atom is -0.496 e. The van der Waals surface area contributed by atoms with Crippen LogP contribution in [-0.2, 0) is 0 Å². The molecule has 0 radical (unpaired) electrons. The van der Waals surface area contributed by atoms with Crippen LogP contribution in [0.5, 0.6) is 5.75 Å². The highest BCUT2D eigenvalue weighted by molar-refractivity contribution is 5.88. The van der Waals surface area contributed by atoms with E-state index >= 15 is 0 Å². The molecule has 0 atom stereocenters. The van der Waals surface area contributed by atoms with Crippen LogP contribution in [0, 0.1) is 0 Å². The van der Waals surface area contributed by atoms with E-state index in [-0.39, 0.29) is 0 Å². The first-order valence-corrected chi connectivity index (χ1v) is 6.20. The van der Waals surface area contributed by atoms with Crippen molar-refractivity contribution in [3.8, 4) is 28.3 Å². The van der Waals surface area contributed by atoms with Gasteiger partial charge in [-0.3, -0.25) is 10.1 Å². The summed E-state index contributed by atoms with van der Waals surface area (Å²) in [5.41, 5.74) is 9.25. The second kappa shape index (κ2) is 5.05. The first kappa shape index (κ1) is 12.2. The summed E-state index contributed by atoms with van der Waals surface area (Å²) in [5, 5.41) is 7.07. The molecule has 0 saturated carbocycles. The van der Waals surface area contributed by atoms with Crippen LogP contribution in [0.4, 0.5) is 5.82 Å². The summed E-state index contributed by atoms with van der Waals surface area (Å²) >= 11 is 0. The van der Waals surface area contributed by atoms with Crippen molar-refractivity contribution in [2.75, 3.05) is 12.8 Å². The lowest BCUT2D eigenvalue weighted by Crippen LogP contribution is -1.92. The highest BCUT2D eigenvalue weighted by Crippen LogP contribution is 2.37. The van der Waals surface area contributed by atoms with Crippen molar-refractivity contribution in [2.24, 2.45) is 0 Å². The second-order valence-corrected chi connectivity index (χ2v) is 4.27. The van der Waals surface area contributed by atoms with Gasteiger partial charge in [0.25, 0.3) is 0 Å².